The van der Waals surface area contributed by atoms with Crippen LogP contribution < -0.4 is 10.6 Å². The summed E-state index contributed by atoms with van der Waals surface area (Å²) >= 11 is 5.78. The maximum absolute atomic E-state index is 13.3. The highest BCUT2D eigenvalue weighted by molar-refractivity contribution is 6.31. The molecule has 26 heavy (non-hydrogen) atoms. The highest BCUT2D eigenvalue weighted by Crippen LogP contribution is 2.29. The van der Waals surface area contributed by atoms with Crippen LogP contribution in [0.2, 0.25) is 5.02 Å². The number of nitrogens with zero attached hydrogens (tertiary/aromatic N) is 4. The van der Waals surface area contributed by atoms with Crippen molar-refractivity contribution in [2.75, 3.05) is 11.4 Å². The van der Waals surface area contributed by atoms with Gasteiger partial charge < -0.3 is 10.6 Å². The average Bonchev–Trinajstić information content (AvgIpc) is 3.26. The number of para-hydroxylation sites is 1. The van der Waals surface area contributed by atoms with Crippen LogP contribution in [0.15, 0.2) is 52.1 Å². The molecule has 1 aliphatic rings. The molecule has 1 aromatic heterocycles. The number of anilines is 1. The number of benzene rings is 2. The Morgan fingerprint density at radius 3 is 2.96 bits per heavy atom. The molecule has 0 unspecified atom stereocenters. The molecule has 0 fully saturated rings. The number of halogens is 2. The first kappa shape index (κ1) is 16.5. The minimum atomic E-state index is -0.513. The molecule has 8 heteroatoms. The normalized spacial score (nSPS) is 13.9. The Morgan fingerprint density at radius 2 is 2.12 bits per heavy atom. The van der Waals surface area contributed by atoms with E-state index < -0.39 is 5.82 Å². The second-order valence-electron chi connectivity index (χ2n) is 5.96. The first-order valence-electron chi connectivity index (χ1n) is 8.05. The number of amidine groups is 1. The molecule has 1 aliphatic heterocycles. The van der Waals surface area contributed by atoms with Crippen LogP contribution in [-0.4, -0.2) is 22.7 Å². The highest BCUT2D eigenvalue weighted by Gasteiger charge is 2.23. The van der Waals surface area contributed by atoms with E-state index >= 15 is 0 Å². The minimum Gasteiger partial charge on any atom is -0.382 e. The van der Waals surface area contributed by atoms with Crippen molar-refractivity contribution in [1.82, 2.24) is 10.3 Å². The third-order valence-corrected chi connectivity index (χ3v) is 4.57. The molecule has 0 saturated carbocycles. The number of aromatic nitrogens is 2. The lowest BCUT2D eigenvalue weighted by Crippen LogP contribution is -2.23. The van der Waals surface area contributed by atoms with E-state index in [1.807, 2.05) is 12.1 Å². The quantitative estimate of drug-likeness (QED) is 0.561. The molecule has 0 radical (unpaired) electrons. The number of hydrogen-bond donors (Lipinski definition) is 1. The molecular formula is C18H15ClFN5O. The van der Waals surface area contributed by atoms with Crippen molar-refractivity contribution in [2.24, 2.45) is 10.7 Å². The summed E-state index contributed by atoms with van der Waals surface area (Å²) in [5, 5.41) is 7.82. The van der Waals surface area contributed by atoms with Crippen LogP contribution in [0.3, 0.4) is 0 Å². The summed E-state index contributed by atoms with van der Waals surface area (Å²) in [7, 11) is 0. The highest BCUT2D eigenvalue weighted by atomic mass is 35.5. The van der Waals surface area contributed by atoms with E-state index in [4.69, 9.17) is 22.0 Å². The predicted molar refractivity (Wildman–Crippen MR) is 97.3 cm³/mol. The zero-order valence-corrected chi connectivity index (χ0v) is 14.4. The molecule has 0 amide bonds. The fourth-order valence-electron chi connectivity index (χ4n) is 3.00. The lowest BCUT2D eigenvalue weighted by molar-refractivity contribution is 0.302. The fourth-order valence-corrected chi connectivity index (χ4v) is 3.18. The maximum Gasteiger partial charge on any atom is 0.174 e. The van der Waals surface area contributed by atoms with Crippen molar-refractivity contribution in [1.29, 1.82) is 0 Å². The standard InChI is InChI=1S/C18H15ClFN5O/c19-13-9-12(5-6-14(13)20)22-18(21)17-15(23-26-24-17)10-25-8-7-11-3-1-2-4-16(11)25/h1-6,9H,7-8,10H2,(H2,21,22). The van der Waals surface area contributed by atoms with E-state index in [1.165, 1.54) is 29.4 Å². The van der Waals surface area contributed by atoms with E-state index in [0.717, 1.165) is 13.0 Å². The first-order chi connectivity index (χ1) is 12.6. The Hall–Kier alpha value is -2.93. The van der Waals surface area contributed by atoms with Gasteiger partial charge in [-0.2, -0.15) is 0 Å². The molecule has 0 saturated heterocycles. The largest absolute Gasteiger partial charge is 0.382 e. The van der Waals surface area contributed by atoms with Gasteiger partial charge in [-0.1, -0.05) is 35.0 Å². The topological polar surface area (TPSA) is 80.5 Å². The summed E-state index contributed by atoms with van der Waals surface area (Å²) in [6.07, 6.45) is 0.981. The second-order valence-corrected chi connectivity index (χ2v) is 6.36. The van der Waals surface area contributed by atoms with Gasteiger partial charge in [0.25, 0.3) is 0 Å². The molecule has 132 valence electrons. The molecule has 6 nitrogen and oxygen atoms in total. The molecule has 2 N–H and O–H groups in total. The van der Waals surface area contributed by atoms with Crippen LogP contribution in [-0.2, 0) is 13.0 Å². The zero-order valence-electron chi connectivity index (χ0n) is 13.7. The predicted octanol–water partition coefficient (Wildman–Crippen LogP) is 3.46. The van der Waals surface area contributed by atoms with E-state index in [0.29, 0.717) is 23.6 Å². The number of hydrogen-bond acceptors (Lipinski definition) is 5. The molecular weight excluding hydrogens is 357 g/mol. The van der Waals surface area contributed by atoms with E-state index in [2.05, 4.69) is 32.3 Å². The van der Waals surface area contributed by atoms with Crippen molar-refractivity contribution in [3.8, 4) is 0 Å². The Bertz CT molecular complexity index is 987. The summed E-state index contributed by atoms with van der Waals surface area (Å²) in [5.41, 5.74) is 9.92. The second kappa shape index (κ2) is 6.76. The van der Waals surface area contributed by atoms with E-state index in [-0.39, 0.29) is 10.9 Å². The molecule has 0 bridgehead atoms. The third-order valence-electron chi connectivity index (χ3n) is 4.28. The van der Waals surface area contributed by atoms with Gasteiger partial charge in [-0.05, 0) is 41.4 Å². The van der Waals surface area contributed by atoms with Gasteiger partial charge in [0.15, 0.2) is 11.5 Å². The van der Waals surface area contributed by atoms with Gasteiger partial charge in [-0.15, -0.1) is 0 Å². The minimum absolute atomic E-state index is 0.0220. The summed E-state index contributed by atoms with van der Waals surface area (Å²) in [4.78, 5) is 6.44. The number of fused-ring (bicyclic) bond motifs is 1. The molecule has 2 heterocycles. The maximum atomic E-state index is 13.3. The summed E-state index contributed by atoms with van der Waals surface area (Å²) in [6.45, 7) is 1.40. The monoisotopic (exact) mass is 371 g/mol. The van der Waals surface area contributed by atoms with Crippen LogP contribution >= 0.6 is 11.6 Å². The fraction of sp³-hybridized carbons (Fsp3) is 0.167. The van der Waals surface area contributed by atoms with Crippen LogP contribution in [0, 0.1) is 5.82 Å². The Labute approximate surface area is 154 Å². The smallest absolute Gasteiger partial charge is 0.174 e. The molecule has 3 aromatic rings. The lowest BCUT2D eigenvalue weighted by Gasteiger charge is -2.17. The molecule has 2 aromatic carbocycles. The van der Waals surface area contributed by atoms with Crippen LogP contribution in [0.25, 0.3) is 0 Å². The molecule has 0 atom stereocenters. The van der Waals surface area contributed by atoms with Crippen molar-refractivity contribution >= 4 is 28.8 Å². The van der Waals surface area contributed by atoms with Crippen LogP contribution in [0.4, 0.5) is 15.8 Å². The zero-order chi connectivity index (χ0) is 18.1. The van der Waals surface area contributed by atoms with Crippen molar-refractivity contribution in [3.05, 3.63) is 70.3 Å². The van der Waals surface area contributed by atoms with Crippen LogP contribution in [0.1, 0.15) is 17.0 Å². The van der Waals surface area contributed by atoms with Gasteiger partial charge in [-0.3, -0.25) is 0 Å². The lowest BCUT2D eigenvalue weighted by atomic mass is 10.2. The summed E-state index contributed by atoms with van der Waals surface area (Å²) in [5.74, 6) is -0.378. The molecule has 4 rings (SSSR count). The number of nitrogens with two attached hydrogens (primary N) is 1. The third kappa shape index (κ3) is 3.13. The van der Waals surface area contributed by atoms with E-state index in [1.54, 1.807) is 0 Å². The molecule has 0 spiro atoms. The van der Waals surface area contributed by atoms with Gasteiger partial charge in [-0.25, -0.2) is 14.0 Å². The summed E-state index contributed by atoms with van der Waals surface area (Å²) < 4.78 is 18.1. The number of aliphatic imine (C=N–C) groups is 1. The Kier molecular flexibility index (Phi) is 4.30. The first-order valence-corrected chi connectivity index (χ1v) is 8.43. The van der Waals surface area contributed by atoms with Crippen molar-refractivity contribution < 1.29 is 9.02 Å². The van der Waals surface area contributed by atoms with Crippen molar-refractivity contribution in [2.45, 2.75) is 13.0 Å². The van der Waals surface area contributed by atoms with Gasteiger partial charge in [0.2, 0.25) is 0 Å². The van der Waals surface area contributed by atoms with Crippen LogP contribution in [0.5, 0.6) is 0 Å². The molecule has 0 aliphatic carbocycles. The van der Waals surface area contributed by atoms with Gasteiger partial charge in [0, 0.05) is 12.2 Å². The summed E-state index contributed by atoms with van der Waals surface area (Å²) in [6, 6.07) is 12.3. The average molecular weight is 372 g/mol. The number of rotatable bonds is 4. The van der Waals surface area contributed by atoms with Gasteiger partial charge in [0.1, 0.15) is 11.5 Å². The SMILES string of the molecule is NC(=Nc1ccc(F)c(Cl)c1)c1nonc1CN1CCc2ccccc21. The van der Waals surface area contributed by atoms with E-state index in [9.17, 15) is 4.39 Å². The van der Waals surface area contributed by atoms with Gasteiger partial charge in [0.05, 0.1) is 17.3 Å². The van der Waals surface area contributed by atoms with Crippen molar-refractivity contribution in [3.63, 3.8) is 0 Å². The van der Waals surface area contributed by atoms with Gasteiger partial charge >= 0.3 is 0 Å². The Morgan fingerprint density at radius 1 is 1.27 bits per heavy atom. The Balaban J connectivity index is 1.59.